The normalized spacial score (nSPS) is 12.5. The molecule has 0 saturated carbocycles. The molecule has 96 valence electrons. The third-order valence-corrected chi connectivity index (χ3v) is 2.97. The van der Waals surface area contributed by atoms with E-state index in [0.717, 1.165) is 0 Å². The van der Waals surface area contributed by atoms with E-state index in [9.17, 15) is 10.1 Å². The van der Waals surface area contributed by atoms with Gasteiger partial charge >= 0.3 is 0 Å². The molecule has 7 nitrogen and oxygen atoms in total. The molecule has 0 spiro atoms. The number of benzene rings is 1. The van der Waals surface area contributed by atoms with Gasteiger partial charge in [0.2, 0.25) is 5.88 Å². The maximum absolute atomic E-state index is 10.7. The number of nitrogens with one attached hydrogen (secondary N) is 1. The van der Waals surface area contributed by atoms with E-state index in [1.54, 1.807) is 6.07 Å². The van der Waals surface area contributed by atoms with Gasteiger partial charge in [0.1, 0.15) is 17.8 Å². The molecule has 2 heterocycles. The third-order valence-electron chi connectivity index (χ3n) is 2.68. The van der Waals surface area contributed by atoms with E-state index in [2.05, 4.69) is 15.3 Å². The monoisotopic (exact) mass is 278 g/mol. The Bertz CT molecular complexity index is 677. The fourth-order valence-electron chi connectivity index (χ4n) is 1.78. The highest BCUT2D eigenvalue weighted by Crippen LogP contribution is 2.37. The Labute approximate surface area is 112 Å². The van der Waals surface area contributed by atoms with Crippen molar-refractivity contribution in [1.29, 1.82) is 0 Å². The second kappa shape index (κ2) is 4.36. The summed E-state index contributed by atoms with van der Waals surface area (Å²) in [5, 5.41) is 14.0. The molecule has 1 N–H and O–H groups in total. The minimum atomic E-state index is -0.453. The van der Waals surface area contributed by atoms with E-state index >= 15 is 0 Å². The quantitative estimate of drug-likeness (QED) is 0.490. The van der Waals surface area contributed by atoms with Gasteiger partial charge in [0.25, 0.3) is 5.69 Å². The summed E-state index contributed by atoms with van der Waals surface area (Å²) in [7, 11) is 0. The van der Waals surface area contributed by atoms with E-state index in [0.29, 0.717) is 29.4 Å². The van der Waals surface area contributed by atoms with Gasteiger partial charge in [0.05, 0.1) is 4.92 Å². The van der Waals surface area contributed by atoms with Crippen LogP contribution in [0.2, 0.25) is 5.15 Å². The predicted octanol–water partition coefficient (Wildman–Crippen LogP) is 2.76. The van der Waals surface area contributed by atoms with Crippen LogP contribution in [0.25, 0.3) is 0 Å². The van der Waals surface area contributed by atoms with Crippen molar-refractivity contribution < 1.29 is 9.66 Å². The number of non-ortho nitro benzene ring substituents is 1. The fourth-order valence-corrected chi connectivity index (χ4v) is 1.97. The number of aromatic nitrogens is 2. The number of halogens is 1. The van der Waals surface area contributed by atoms with Crippen LogP contribution in [-0.4, -0.2) is 14.9 Å². The minimum Gasteiger partial charge on any atom is -0.437 e. The zero-order chi connectivity index (χ0) is 13.4. The standard InChI is InChI=1S/C11H7ClN4O3/c12-10-9-11(15-5-14-10)19-8-2-1-7(16(17)18)3-6(8)4-13-9/h1-3,5,13H,4H2. The summed E-state index contributed by atoms with van der Waals surface area (Å²) >= 11 is 5.94. The molecule has 0 unspecified atom stereocenters. The SMILES string of the molecule is O=[N+]([O-])c1ccc2c(c1)CNc1c(Cl)ncnc1O2. The van der Waals surface area contributed by atoms with Gasteiger partial charge in [-0.3, -0.25) is 10.1 Å². The highest BCUT2D eigenvalue weighted by Gasteiger charge is 2.20. The summed E-state index contributed by atoms with van der Waals surface area (Å²) in [5.74, 6) is 0.805. The average Bonchev–Trinajstić information content (AvgIpc) is 2.57. The Hall–Kier alpha value is -2.41. The number of nitro groups is 1. The molecule has 1 aliphatic heterocycles. The first kappa shape index (κ1) is 11.7. The van der Waals surface area contributed by atoms with Crippen LogP contribution in [0.5, 0.6) is 11.6 Å². The van der Waals surface area contributed by atoms with Crippen molar-refractivity contribution in [3.63, 3.8) is 0 Å². The average molecular weight is 279 g/mol. The molecule has 0 aliphatic carbocycles. The van der Waals surface area contributed by atoms with Crippen molar-refractivity contribution in [2.45, 2.75) is 6.54 Å². The van der Waals surface area contributed by atoms with Gasteiger partial charge in [-0.15, -0.1) is 0 Å². The molecular weight excluding hydrogens is 272 g/mol. The van der Waals surface area contributed by atoms with Gasteiger partial charge in [-0.2, -0.15) is 4.98 Å². The molecule has 0 atom stereocenters. The molecule has 0 amide bonds. The summed E-state index contributed by atoms with van der Waals surface area (Å²) in [6.45, 7) is 0.344. The van der Waals surface area contributed by atoms with Crippen LogP contribution in [-0.2, 0) is 6.54 Å². The molecule has 0 saturated heterocycles. The molecule has 3 rings (SSSR count). The zero-order valence-corrected chi connectivity index (χ0v) is 10.2. The molecular formula is C11H7ClN4O3. The summed E-state index contributed by atoms with van der Waals surface area (Å²) in [5.41, 5.74) is 1.14. The lowest BCUT2D eigenvalue weighted by atomic mass is 10.2. The van der Waals surface area contributed by atoms with Gasteiger partial charge in [0, 0.05) is 24.2 Å². The van der Waals surface area contributed by atoms with E-state index in [1.807, 2.05) is 0 Å². The Morgan fingerprint density at radius 2 is 2.26 bits per heavy atom. The number of fused-ring (bicyclic) bond motifs is 2. The Balaban J connectivity index is 2.06. The number of nitrogens with zero attached hydrogens (tertiary/aromatic N) is 3. The topological polar surface area (TPSA) is 90.2 Å². The summed E-state index contributed by atoms with van der Waals surface area (Å²) < 4.78 is 5.60. The van der Waals surface area contributed by atoms with Crippen LogP contribution in [0.1, 0.15) is 5.56 Å². The summed E-state index contributed by atoms with van der Waals surface area (Å²) in [6.07, 6.45) is 1.29. The lowest BCUT2D eigenvalue weighted by molar-refractivity contribution is -0.384. The summed E-state index contributed by atoms with van der Waals surface area (Å²) in [6, 6.07) is 4.38. The second-order valence-electron chi connectivity index (χ2n) is 3.85. The molecule has 0 radical (unpaired) electrons. The van der Waals surface area contributed by atoms with Crippen molar-refractivity contribution in [2.24, 2.45) is 0 Å². The maximum Gasteiger partial charge on any atom is 0.270 e. The fraction of sp³-hybridized carbons (Fsp3) is 0.0909. The Morgan fingerprint density at radius 1 is 1.42 bits per heavy atom. The number of ether oxygens (including phenoxy) is 1. The lowest BCUT2D eigenvalue weighted by Crippen LogP contribution is -1.99. The number of rotatable bonds is 1. The molecule has 0 fully saturated rings. The maximum atomic E-state index is 10.7. The smallest absolute Gasteiger partial charge is 0.270 e. The van der Waals surface area contributed by atoms with Crippen molar-refractivity contribution in [1.82, 2.24) is 9.97 Å². The predicted molar refractivity (Wildman–Crippen MR) is 67.5 cm³/mol. The Kier molecular flexibility index (Phi) is 2.68. The van der Waals surface area contributed by atoms with Crippen molar-refractivity contribution in [2.75, 3.05) is 5.32 Å². The molecule has 8 heteroatoms. The van der Waals surface area contributed by atoms with Crippen molar-refractivity contribution in [3.8, 4) is 11.6 Å². The van der Waals surface area contributed by atoms with Crippen LogP contribution in [0.15, 0.2) is 24.5 Å². The van der Waals surface area contributed by atoms with Crippen LogP contribution in [0.3, 0.4) is 0 Å². The van der Waals surface area contributed by atoms with Gasteiger partial charge in [-0.1, -0.05) is 11.6 Å². The molecule has 1 aromatic heterocycles. The van der Waals surface area contributed by atoms with Crippen LogP contribution in [0, 0.1) is 10.1 Å². The first-order chi connectivity index (χ1) is 9.15. The molecule has 0 bridgehead atoms. The number of nitro benzene ring substituents is 1. The largest absolute Gasteiger partial charge is 0.437 e. The van der Waals surface area contributed by atoms with Crippen molar-refractivity contribution >= 4 is 23.0 Å². The minimum absolute atomic E-state index is 0.00675. The molecule has 1 aliphatic rings. The molecule has 19 heavy (non-hydrogen) atoms. The van der Waals surface area contributed by atoms with Gasteiger partial charge < -0.3 is 10.1 Å². The van der Waals surface area contributed by atoms with E-state index < -0.39 is 4.92 Å². The van der Waals surface area contributed by atoms with Gasteiger partial charge in [0.15, 0.2) is 5.15 Å². The third kappa shape index (κ3) is 2.04. The first-order valence-corrected chi connectivity index (χ1v) is 5.72. The number of hydrogen-bond acceptors (Lipinski definition) is 6. The van der Waals surface area contributed by atoms with Gasteiger partial charge in [-0.25, -0.2) is 4.98 Å². The number of hydrogen-bond donors (Lipinski definition) is 1. The van der Waals surface area contributed by atoms with E-state index in [-0.39, 0.29) is 10.8 Å². The first-order valence-electron chi connectivity index (χ1n) is 5.34. The van der Waals surface area contributed by atoms with Crippen LogP contribution in [0.4, 0.5) is 11.4 Å². The zero-order valence-electron chi connectivity index (χ0n) is 9.46. The highest BCUT2D eigenvalue weighted by atomic mass is 35.5. The Morgan fingerprint density at radius 3 is 3.05 bits per heavy atom. The van der Waals surface area contributed by atoms with Crippen LogP contribution >= 0.6 is 11.6 Å². The molecule has 2 aromatic rings. The summed E-state index contributed by atoms with van der Waals surface area (Å²) in [4.78, 5) is 18.1. The lowest BCUT2D eigenvalue weighted by Gasteiger charge is -2.06. The second-order valence-corrected chi connectivity index (χ2v) is 4.21. The highest BCUT2D eigenvalue weighted by molar-refractivity contribution is 6.32. The van der Waals surface area contributed by atoms with Crippen LogP contribution < -0.4 is 10.1 Å². The van der Waals surface area contributed by atoms with E-state index in [4.69, 9.17) is 16.3 Å². The number of anilines is 1. The van der Waals surface area contributed by atoms with E-state index in [1.165, 1.54) is 18.5 Å². The van der Waals surface area contributed by atoms with Gasteiger partial charge in [-0.05, 0) is 6.07 Å². The van der Waals surface area contributed by atoms with Crippen molar-refractivity contribution in [3.05, 3.63) is 45.4 Å². The molecule has 1 aromatic carbocycles.